The van der Waals surface area contributed by atoms with Crippen molar-refractivity contribution >= 4 is 34.4 Å². The van der Waals surface area contributed by atoms with E-state index in [1.165, 1.54) is 12.1 Å². The Morgan fingerprint density at radius 2 is 2.06 bits per heavy atom. The van der Waals surface area contributed by atoms with Gasteiger partial charge in [0.2, 0.25) is 5.91 Å². The lowest BCUT2D eigenvalue weighted by molar-refractivity contribution is -0.141. The molecule has 2 atom stereocenters. The van der Waals surface area contributed by atoms with Gasteiger partial charge < -0.3 is 14.6 Å². The van der Waals surface area contributed by atoms with Gasteiger partial charge in [-0.3, -0.25) is 4.79 Å². The molecule has 0 saturated carbocycles. The normalized spacial score (nSPS) is 16.6. The first-order valence-corrected chi connectivity index (χ1v) is 11.2. The Bertz CT molecular complexity index is 1190. The molecule has 1 aromatic heterocycles. The number of carboxylic acids is 1. The zero-order valence-electron chi connectivity index (χ0n) is 18.1. The largest absolute Gasteiger partial charge is 0.480 e. The summed E-state index contributed by atoms with van der Waals surface area (Å²) >= 11 is 6.04. The second-order valence-electron chi connectivity index (χ2n) is 8.43. The number of amides is 1. The third kappa shape index (κ3) is 4.11. The molecule has 1 N–H and O–H groups in total. The number of aromatic nitrogens is 1. The molecule has 0 spiro atoms. The summed E-state index contributed by atoms with van der Waals surface area (Å²) in [5.41, 5.74) is 3.47. The summed E-state index contributed by atoms with van der Waals surface area (Å²) in [6.07, 6.45) is 2.61. The molecular weight excluding hydrogens is 431 g/mol. The minimum absolute atomic E-state index is 0.00685. The van der Waals surface area contributed by atoms with E-state index in [0.717, 1.165) is 34.1 Å². The van der Waals surface area contributed by atoms with Crippen molar-refractivity contribution in [2.45, 2.75) is 51.1 Å². The molecule has 7 heteroatoms. The van der Waals surface area contributed by atoms with E-state index in [-0.39, 0.29) is 24.2 Å². The monoisotopic (exact) mass is 456 g/mol. The highest BCUT2D eigenvalue weighted by Crippen LogP contribution is 2.37. The Balaban J connectivity index is 1.65. The third-order valence-electron chi connectivity index (χ3n) is 6.51. The Kier molecular flexibility index (Phi) is 6.24. The lowest BCUT2D eigenvalue weighted by Crippen LogP contribution is -2.41. The van der Waals surface area contributed by atoms with Gasteiger partial charge in [-0.25, -0.2) is 9.18 Å². The van der Waals surface area contributed by atoms with Gasteiger partial charge in [0.05, 0.1) is 6.42 Å². The van der Waals surface area contributed by atoms with Crippen LogP contribution in [0.1, 0.15) is 42.6 Å². The number of carboxylic acid groups (broad SMARTS) is 1. The van der Waals surface area contributed by atoms with Crippen LogP contribution in [0.25, 0.3) is 10.9 Å². The first-order valence-electron chi connectivity index (χ1n) is 10.8. The van der Waals surface area contributed by atoms with Gasteiger partial charge in [0, 0.05) is 34.7 Å². The average molecular weight is 457 g/mol. The van der Waals surface area contributed by atoms with E-state index < -0.39 is 12.0 Å². The number of carbonyl (C=O) groups is 2. The number of carbonyl (C=O) groups excluding carboxylic acids is 1. The number of likely N-dealkylation sites (N-methyl/N-ethyl adjacent to an activating group) is 1. The molecule has 1 heterocycles. The van der Waals surface area contributed by atoms with Gasteiger partial charge in [-0.15, -0.1) is 0 Å². The molecule has 0 fully saturated rings. The summed E-state index contributed by atoms with van der Waals surface area (Å²) in [5, 5.41) is 11.1. The van der Waals surface area contributed by atoms with Crippen LogP contribution in [0.15, 0.2) is 42.5 Å². The van der Waals surface area contributed by atoms with Crippen molar-refractivity contribution in [3.63, 3.8) is 0 Å². The molecule has 32 heavy (non-hydrogen) atoms. The van der Waals surface area contributed by atoms with Crippen molar-refractivity contribution in [3.8, 4) is 0 Å². The predicted molar refractivity (Wildman–Crippen MR) is 123 cm³/mol. The minimum Gasteiger partial charge on any atom is -0.480 e. The van der Waals surface area contributed by atoms with Gasteiger partial charge in [0.25, 0.3) is 0 Å². The molecule has 1 aliphatic carbocycles. The third-order valence-corrected chi connectivity index (χ3v) is 6.74. The molecule has 1 aliphatic rings. The molecule has 3 aromatic rings. The number of nitrogens with zero attached hydrogens (tertiary/aromatic N) is 2. The molecule has 0 bridgehead atoms. The van der Waals surface area contributed by atoms with Crippen LogP contribution in [0, 0.1) is 5.82 Å². The fourth-order valence-electron chi connectivity index (χ4n) is 4.85. The fourth-order valence-corrected chi connectivity index (χ4v) is 5.06. The number of hydrogen-bond acceptors (Lipinski definition) is 2. The lowest BCUT2D eigenvalue weighted by atomic mass is 9.90. The standard InChI is InChI=1S/C25H26ClFN2O3/c1-3-21(25(31)32)29-22-9-7-17(27)13-19(22)20-14-18(8-10-23(20)29)28(2)24(30)12-15-5-4-6-16(26)11-15/h4-7,9,11,13,18,21H,3,8,10,12,14H2,1-2H3,(H,31,32)/t18-,21?/m0/s1. The summed E-state index contributed by atoms with van der Waals surface area (Å²) < 4.78 is 16.0. The number of benzene rings is 2. The van der Waals surface area contributed by atoms with Crippen molar-refractivity contribution in [3.05, 3.63) is 70.1 Å². The SMILES string of the molecule is CCC(C(=O)O)n1c2c(c3cc(F)ccc31)C[C@@H](N(C)C(=O)Cc1cccc(Cl)c1)CC2. The predicted octanol–water partition coefficient (Wildman–Crippen LogP) is 5.03. The zero-order chi connectivity index (χ0) is 23.0. The molecule has 2 aromatic carbocycles. The smallest absolute Gasteiger partial charge is 0.326 e. The minimum atomic E-state index is -0.896. The summed E-state index contributed by atoms with van der Waals surface area (Å²) in [6, 6.07) is 11.0. The van der Waals surface area contributed by atoms with Crippen molar-refractivity contribution in [1.82, 2.24) is 9.47 Å². The van der Waals surface area contributed by atoms with E-state index in [2.05, 4.69) is 0 Å². The average Bonchev–Trinajstić information content (AvgIpc) is 3.06. The lowest BCUT2D eigenvalue weighted by Gasteiger charge is -2.32. The van der Waals surface area contributed by atoms with Crippen LogP contribution in [0.5, 0.6) is 0 Å². The number of aliphatic carboxylic acids is 1. The second-order valence-corrected chi connectivity index (χ2v) is 8.86. The zero-order valence-corrected chi connectivity index (χ0v) is 18.9. The van der Waals surface area contributed by atoms with Crippen LogP contribution in [0.2, 0.25) is 5.02 Å². The summed E-state index contributed by atoms with van der Waals surface area (Å²) in [6.45, 7) is 1.84. The Morgan fingerprint density at radius 3 is 2.75 bits per heavy atom. The topological polar surface area (TPSA) is 62.5 Å². The summed E-state index contributed by atoms with van der Waals surface area (Å²) in [5.74, 6) is -1.26. The molecule has 5 nitrogen and oxygen atoms in total. The molecule has 0 aliphatic heterocycles. The van der Waals surface area contributed by atoms with E-state index >= 15 is 0 Å². The first kappa shape index (κ1) is 22.3. The number of halogens is 2. The molecule has 1 amide bonds. The highest BCUT2D eigenvalue weighted by atomic mass is 35.5. The highest BCUT2D eigenvalue weighted by Gasteiger charge is 2.32. The number of fused-ring (bicyclic) bond motifs is 3. The van der Waals surface area contributed by atoms with Crippen LogP contribution in [0.4, 0.5) is 4.39 Å². The fraction of sp³-hybridized carbons (Fsp3) is 0.360. The summed E-state index contributed by atoms with van der Waals surface area (Å²) in [4.78, 5) is 26.6. The van der Waals surface area contributed by atoms with Gasteiger partial charge in [-0.2, -0.15) is 0 Å². The van der Waals surface area contributed by atoms with Gasteiger partial charge in [0.15, 0.2) is 0 Å². The number of hydrogen-bond donors (Lipinski definition) is 1. The van der Waals surface area contributed by atoms with Crippen molar-refractivity contribution in [2.75, 3.05) is 7.05 Å². The van der Waals surface area contributed by atoms with Gasteiger partial charge >= 0.3 is 5.97 Å². The van der Waals surface area contributed by atoms with Crippen molar-refractivity contribution in [1.29, 1.82) is 0 Å². The Hall–Kier alpha value is -2.86. The van der Waals surface area contributed by atoms with E-state index in [4.69, 9.17) is 11.6 Å². The first-order chi connectivity index (χ1) is 15.3. The van der Waals surface area contributed by atoms with E-state index in [1.54, 1.807) is 30.1 Å². The molecule has 0 saturated heterocycles. The maximum Gasteiger partial charge on any atom is 0.326 e. The van der Waals surface area contributed by atoms with Crippen LogP contribution >= 0.6 is 11.6 Å². The molecule has 4 rings (SSSR count). The van der Waals surface area contributed by atoms with E-state index in [1.807, 2.05) is 23.6 Å². The maximum absolute atomic E-state index is 14.1. The van der Waals surface area contributed by atoms with Gasteiger partial charge in [-0.1, -0.05) is 30.7 Å². The number of rotatable bonds is 6. The Labute approximate surface area is 191 Å². The van der Waals surface area contributed by atoms with E-state index in [0.29, 0.717) is 24.3 Å². The molecule has 0 radical (unpaired) electrons. The quantitative estimate of drug-likeness (QED) is 0.566. The molecular formula is C25H26ClFN2O3. The maximum atomic E-state index is 14.1. The van der Waals surface area contributed by atoms with Gasteiger partial charge in [-0.05, 0) is 67.1 Å². The molecule has 1 unspecified atom stereocenters. The van der Waals surface area contributed by atoms with E-state index in [9.17, 15) is 19.1 Å². The highest BCUT2D eigenvalue weighted by molar-refractivity contribution is 6.30. The van der Waals surface area contributed by atoms with Crippen molar-refractivity contribution in [2.24, 2.45) is 0 Å². The van der Waals surface area contributed by atoms with Gasteiger partial charge in [0.1, 0.15) is 11.9 Å². The summed E-state index contributed by atoms with van der Waals surface area (Å²) in [7, 11) is 1.80. The van der Waals surface area contributed by atoms with Crippen LogP contribution in [0.3, 0.4) is 0 Å². The van der Waals surface area contributed by atoms with Crippen LogP contribution in [-0.2, 0) is 28.9 Å². The van der Waals surface area contributed by atoms with Crippen LogP contribution < -0.4 is 0 Å². The Morgan fingerprint density at radius 1 is 1.28 bits per heavy atom. The molecule has 168 valence electrons. The van der Waals surface area contributed by atoms with Crippen LogP contribution in [-0.4, -0.2) is 39.5 Å². The van der Waals surface area contributed by atoms with Crippen molar-refractivity contribution < 1.29 is 19.1 Å². The second kappa shape index (κ2) is 8.94.